The Morgan fingerprint density at radius 3 is 1.53 bits per heavy atom. The number of allylic oxidation sites excluding steroid dienone is 1. The summed E-state index contributed by atoms with van der Waals surface area (Å²) in [7, 11) is 0. The molecule has 1 saturated heterocycles. The summed E-state index contributed by atoms with van der Waals surface area (Å²) in [4.78, 5) is 0. The van der Waals surface area contributed by atoms with Crippen molar-refractivity contribution in [2.45, 2.75) is 116 Å². The molecule has 11 heteroatoms. The highest BCUT2D eigenvalue weighted by molar-refractivity contribution is 5.62. The molecule has 3 fully saturated rings. The van der Waals surface area contributed by atoms with E-state index < -0.39 is 52.8 Å². The van der Waals surface area contributed by atoms with Crippen LogP contribution in [0.15, 0.2) is 30.1 Å². The van der Waals surface area contributed by atoms with E-state index in [9.17, 15) is 39.5 Å². The quantitative estimate of drug-likeness (QED) is 0.199. The molecule has 0 radical (unpaired) electrons. The molecule has 2 aliphatic heterocycles. The van der Waals surface area contributed by atoms with E-state index in [0.717, 1.165) is 63.0 Å². The van der Waals surface area contributed by atoms with Gasteiger partial charge in [-0.15, -0.1) is 0 Å². The zero-order valence-electron chi connectivity index (χ0n) is 29.4. The van der Waals surface area contributed by atoms with Gasteiger partial charge in [0.2, 0.25) is 0 Å². The number of hydrogen-bond acceptors (Lipinski definition) is 2. The summed E-state index contributed by atoms with van der Waals surface area (Å²) in [6.45, 7) is 4.84. The van der Waals surface area contributed by atoms with Gasteiger partial charge in [-0.25, -0.2) is 39.5 Å². The molecule has 4 aliphatic rings. The lowest BCUT2D eigenvalue weighted by molar-refractivity contribution is -0.201. The fraction of sp³-hybridized carbons (Fsp3) is 0.650. The Balaban J connectivity index is 0.000000198. The standard InChI is InChI=1S/C20H25F5O.C20H24F4O/c1-2-3-12-4-6-13(7-5-12)15-10-20(24,25)19(26-11-15)14-8-16(21)18(23)17(22)9-14;1-2-3-12-4-6-13(7-5-12)15-10-18(23)20(25-11-15)14-8-16(21)19(24)17(22)9-14/h8-9,12-13,15,19H,2-7,10-11H2,1H3;8-9,12-13,15H,2-7,10-11H2,1H3. The zero-order valence-corrected chi connectivity index (χ0v) is 29.4. The molecule has 6 rings (SSSR count). The fourth-order valence-corrected chi connectivity index (χ4v) is 8.82. The summed E-state index contributed by atoms with van der Waals surface area (Å²) >= 11 is 0. The van der Waals surface area contributed by atoms with Gasteiger partial charge in [-0.3, -0.25) is 0 Å². The van der Waals surface area contributed by atoms with Gasteiger partial charge < -0.3 is 9.47 Å². The van der Waals surface area contributed by atoms with Crippen LogP contribution in [0.25, 0.3) is 5.76 Å². The van der Waals surface area contributed by atoms with Crippen molar-refractivity contribution in [3.8, 4) is 0 Å². The maximum absolute atomic E-state index is 14.7. The molecule has 2 saturated carbocycles. The largest absolute Gasteiger partial charge is 0.490 e. The molecule has 2 nitrogen and oxygen atoms in total. The highest BCUT2D eigenvalue weighted by Crippen LogP contribution is 2.48. The first-order valence-electron chi connectivity index (χ1n) is 18.6. The Kier molecular flexibility index (Phi) is 13.5. The van der Waals surface area contributed by atoms with Gasteiger partial charge in [0.05, 0.1) is 13.2 Å². The minimum absolute atomic E-state index is 0.0843. The van der Waals surface area contributed by atoms with Crippen molar-refractivity contribution in [1.82, 2.24) is 0 Å². The third-order valence-electron chi connectivity index (χ3n) is 11.6. The molecule has 0 spiro atoms. The Bertz CT molecular complexity index is 1450. The first-order chi connectivity index (χ1) is 24.3. The van der Waals surface area contributed by atoms with Crippen LogP contribution < -0.4 is 0 Å². The van der Waals surface area contributed by atoms with Gasteiger partial charge in [-0.1, -0.05) is 65.2 Å². The first-order valence-corrected chi connectivity index (χ1v) is 18.6. The van der Waals surface area contributed by atoms with Crippen molar-refractivity contribution >= 4 is 5.76 Å². The van der Waals surface area contributed by atoms with E-state index in [0.29, 0.717) is 30.6 Å². The van der Waals surface area contributed by atoms with E-state index in [1.165, 1.54) is 32.1 Å². The Morgan fingerprint density at radius 2 is 1.08 bits per heavy atom. The number of benzene rings is 2. The smallest absolute Gasteiger partial charge is 0.278 e. The summed E-state index contributed by atoms with van der Waals surface area (Å²) in [5.74, 6) is -10.8. The number of hydrogen-bond donors (Lipinski definition) is 0. The zero-order chi connectivity index (χ0) is 36.9. The summed E-state index contributed by atoms with van der Waals surface area (Å²) < 4.78 is 134. The molecule has 284 valence electrons. The minimum atomic E-state index is -3.24. The third kappa shape index (κ3) is 9.65. The summed E-state index contributed by atoms with van der Waals surface area (Å²) in [5.41, 5.74) is -0.435. The lowest BCUT2D eigenvalue weighted by Gasteiger charge is -2.41. The SMILES string of the molecule is CCCC1CCC(C2COC(c3cc(F)c(F)c(F)c3)=C(F)C2)CC1.CCCC1CCC(C2COC(c3cc(F)c(F)c(F)c3)C(F)(F)C2)CC1. The van der Waals surface area contributed by atoms with Crippen LogP contribution in [-0.2, 0) is 9.47 Å². The van der Waals surface area contributed by atoms with Crippen LogP contribution in [0.2, 0.25) is 0 Å². The Hall–Kier alpha value is -2.69. The maximum atomic E-state index is 14.7. The Morgan fingerprint density at radius 1 is 0.608 bits per heavy atom. The van der Waals surface area contributed by atoms with Gasteiger partial charge in [0.15, 0.2) is 40.7 Å². The van der Waals surface area contributed by atoms with Gasteiger partial charge in [0, 0.05) is 24.3 Å². The molecular formula is C40H49F9O2. The average Bonchev–Trinajstić information content (AvgIpc) is 3.10. The van der Waals surface area contributed by atoms with Crippen LogP contribution in [0.1, 0.15) is 121 Å². The molecule has 51 heavy (non-hydrogen) atoms. The van der Waals surface area contributed by atoms with Crippen molar-refractivity contribution in [2.75, 3.05) is 13.2 Å². The molecule has 2 aliphatic carbocycles. The van der Waals surface area contributed by atoms with E-state index in [-0.39, 0.29) is 54.1 Å². The average molecular weight is 733 g/mol. The normalized spacial score (nSPS) is 29.6. The van der Waals surface area contributed by atoms with Gasteiger partial charge in [-0.05, 0) is 85.1 Å². The van der Waals surface area contributed by atoms with Crippen LogP contribution in [0.5, 0.6) is 0 Å². The molecule has 2 aromatic rings. The molecule has 0 aromatic heterocycles. The number of rotatable bonds is 8. The maximum Gasteiger partial charge on any atom is 0.278 e. The van der Waals surface area contributed by atoms with Crippen molar-refractivity contribution in [3.05, 3.63) is 76.1 Å². The predicted octanol–water partition coefficient (Wildman–Crippen LogP) is 12.8. The van der Waals surface area contributed by atoms with Gasteiger partial charge in [0.25, 0.3) is 5.92 Å². The minimum Gasteiger partial charge on any atom is -0.490 e. The molecule has 2 aromatic carbocycles. The van der Waals surface area contributed by atoms with Crippen LogP contribution in [0, 0.1) is 70.4 Å². The molecule has 3 atom stereocenters. The highest BCUT2D eigenvalue weighted by atomic mass is 19.3. The lowest BCUT2D eigenvalue weighted by atomic mass is 9.72. The van der Waals surface area contributed by atoms with Crippen LogP contribution in [-0.4, -0.2) is 19.1 Å². The lowest BCUT2D eigenvalue weighted by Crippen LogP contribution is -2.41. The summed E-state index contributed by atoms with van der Waals surface area (Å²) in [5, 5.41) is 0. The molecular weight excluding hydrogens is 683 g/mol. The van der Waals surface area contributed by atoms with E-state index in [1.54, 1.807) is 0 Å². The van der Waals surface area contributed by atoms with Crippen molar-refractivity contribution < 1.29 is 49.0 Å². The van der Waals surface area contributed by atoms with E-state index >= 15 is 0 Å². The van der Waals surface area contributed by atoms with Crippen molar-refractivity contribution in [3.63, 3.8) is 0 Å². The van der Waals surface area contributed by atoms with Crippen molar-refractivity contribution in [2.24, 2.45) is 35.5 Å². The molecule has 0 amide bonds. The fourth-order valence-electron chi connectivity index (χ4n) is 8.82. The second-order valence-electron chi connectivity index (χ2n) is 15.1. The third-order valence-corrected chi connectivity index (χ3v) is 11.6. The van der Waals surface area contributed by atoms with E-state index in [4.69, 9.17) is 9.47 Å². The number of alkyl halides is 2. The predicted molar refractivity (Wildman–Crippen MR) is 177 cm³/mol. The van der Waals surface area contributed by atoms with E-state index in [1.807, 2.05) is 0 Å². The molecule has 2 heterocycles. The summed E-state index contributed by atoms with van der Waals surface area (Å²) in [6, 6.07) is 2.77. The first kappa shape index (κ1) is 39.5. The van der Waals surface area contributed by atoms with Crippen molar-refractivity contribution in [1.29, 1.82) is 0 Å². The van der Waals surface area contributed by atoms with Gasteiger partial charge >= 0.3 is 0 Å². The molecule has 0 N–H and O–H groups in total. The van der Waals surface area contributed by atoms with Gasteiger partial charge in [0.1, 0.15) is 11.9 Å². The van der Waals surface area contributed by atoms with Crippen LogP contribution in [0.4, 0.5) is 39.5 Å². The molecule has 3 unspecified atom stereocenters. The van der Waals surface area contributed by atoms with E-state index in [2.05, 4.69) is 13.8 Å². The topological polar surface area (TPSA) is 18.5 Å². The van der Waals surface area contributed by atoms with Crippen LogP contribution in [0.3, 0.4) is 0 Å². The number of ether oxygens (including phenoxy) is 2. The van der Waals surface area contributed by atoms with Gasteiger partial charge in [-0.2, -0.15) is 0 Å². The highest BCUT2D eigenvalue weighted by Gasteiger charge is 2.49. The Labute approximate surface area is 295 Å². The monoisotopic (exact) mass is 732 g/mol. The second kappa shape index (κ2) is 17.4. The second-order valence-corrected chi connectivity index (χ2v) is 15.1. The number of halogens is 9. The summed E-state index contributed by atoms with van der Waals surface area (Å²) in [6.07, 6.45) is 11.4. The van der Waals surface area contributed by atoms with Crippen LogP contribution >= 0.6 is 0 Å². The molecule has 0 bridgehead atoms.